The van der Waals surface area contributed by atoms with E-state index in [2.05, 4.69) is 67.5 Å². The molecule has 0 fully saturated rings. The van der Waals surface area contributed by atoms with Gasteiger partial charge in [-0.2, -0.15) is 0 Å². The van der Waals surface area contributed by atoms with E-state index in [4.69, 9.17) is 30.5 Å². The number of hydrogen-bond acceptors (Lipinski definition) is 7. The molecule has 0 spiro atoms. The van der Waals surface area contributed by atoms with Crippen molar-refractivity contribution in [2.24, 2.45) is 0 Å². The number of esters is 2. The normalized spacial score (nSPS) is 12.0. The molecule has 6 aromatic rings. The maximum Gasteiger partial charge on any atom is 0.306 e. The quantitative estimate of drug-likeness (QED) is 0.0638. The van der Waals surface area contributed by atoms with Crippen LogP contribution in [-0.2, 0) is 42.4 Å². The molecule has 7 nitrogen and oxygen atoms in total. The molecule has 2 atom stereocenters. The van der Waals surface area contributed by atoms with E-state index in [0.717, 1.165) is 94.3 Å². The van der Waals surface area contributed by atoms with Crippen molar-refractivity contribution >= 4 is 23.5 Å². The van der Waals surface area contributed by atoms with Gasteiger partial charge in [-0.05, 0) is 154 Å². The number of benzene rings is 6. The number of phenols is 1. The van der Waals surface area contributed by atoms with Gasteiger partial charge in [-0.25, -0.2) is 8.78 Å². The molecule has 398 valence electrons. The summed E-state index contributed by atoms with van der Waals surface area (Å²) >= 11 is 5.93. The third kappa shape index (κ3) is 18.3. The Morgan fingerprint density at radius 1 is 0.568 bits per heavy atom. The maximum atomic E-state index is 14.9. The van der Waals surface area contributed by atoms with Crippen molar-refractivity contribution in [3.05, 3.63) is 172 Å². The summed E-state index contributed by atoms with van der Waals surface area (Å²) in [7, 11) is 4.42. The third-order valence-corrected chi connectivity index (χ3v) is 13.3. The lowest BCUT2D eigenvalue weighted by Crippen LogP contribution is -2.13. The molecular formula is C64H79ClF2O7. The molecule has 74 heavy (non-hydrogen) atoms. The van der Waals surface area contributed by atoms with E-state index in [-0.39, 0.29) is 52.0 Å². The predicted molar refractivity (Wildman–Crippen MR) is 299 cm³/mol. The fraction of sp³-hybridized carbons (Fsp3) is 0.406. The van der Waals surface area contributed by atoms with Crippen LogP contribution in [0.25, 0.3) is 22.3 Å². The van der Waals surface area contributed by atoms with Crippen molar-refractivity contribution in [3.8, 4) is 39.5 Å². The van der Waals surface area contributed by atoms with Gasteiger partial charge in [-0.1, -0.05) is 141 Å². The third-order valence-electron chi connectivity index (χ3n) is 13.0. The number of ether oxygens (including phenoxy) is 4. The van der Waals surface area contributed by atoms with Crippen molar-refractivity contribution in [2.45, 2.75) is 149 Å². The van der Waals surface area contributed by atoms with E-state index in [9.17, 15) is 23.5 Å². The van der Waals surface area contributed by atoms with Gasteiger partial charge in [0.15, 0.2) is 0 Å². The number of rotatable bonds is 19. The number of unbranched alkanes of at least 4 members (excludes halogenated alkanes) is 2. The standard InChI is InChI=1S/C32H39FO4.C18H20ClF.C14H20O3/c1-7-8-9-24(19-31(34)36-6)23-11-13-25(14-12-23)37-21-22-10-16-29(32(2,3)4)27(18-22)28-20-26(35-5)15-17-30(28)33;1-12-5-8-17(20)15(9-12)14-10-13(11-19)6-7-16(14)18(2,3)4;1-3-4-5-12(10-14(16)17-2)11-6-8-13(15)9-7-11/h10-18,20,24H,7-9,19,21H2,1-6H3;5-10H,11H2,1-4H3;6-9,12,15H,3-5,10H2,1-2H3/t24-;;12-/m1.1/s1. The lowest BCUT2D eigenvalue weighted by molar-refractivity contribution is -0.142. The van der Waals surface area contributed by atoms with Crippen LogP contribution in [-0.4, -0.2) is 38.4 Å². The van der Waals surface area contributed by atoms with E-state index < -0.39 is 0 Å². The average Bonchev–Trinajstić information content (AvgIpc) is 3.38. The van der Waals surface area contributed by atoms with E-state index >= 15 is 0 Å². The highest BCUT2D eigenvalue weighted by molar-refractivity contribution is 6.17. The van der Waals surface area contributed by atoms with Crippen molar-refractivity contribution in [1.29, 1.82) is 0 Å². The molecule has 10 heteroatoms. The molecule has 0 unspecified atom stereocenters. The second kappa shape index (κ2) is 29.0. The fourth-order valence-corrected chi connectivity index (χ4v) is 8.95. The minimum Gasteiger partial charge on any atom is -0.508 e. The Bertz CT molecular complexity index is 2700. The van der Waals surface area contributed by atoms with Crippen LogP contribution in [0.5, 0.6) is 17.2 Å². The van der Waals surface area contributed by atoms with Crippen molar-refractivity contribution < 1.29 is 42.4 Å². The first-order valence-corrected chi connectivity index (χ1v) is 26.3. The zero-order valence-electron chi connectivity index (χ0n) is 45.8. The second-order valence-corrected chi connectivity index (χ2v) is 21.2. The SMILES string of the molecule is CCCC[C@H](CC(=O)OC)c1ccc(O)cc1.CCCC[C@H](CC(=O)OC)c1ccc(OCc2ccc(C(C)(C)C)c(-c3cc(OC)ccc3F)c2)cc1.Cc1ccc(F)c(-c2cc(CCl)ccc2C(C)(C)C)c1. The van der Waals surface area contributed by atoms with Gasteiger partial charge in [0.1, 0.15) is 35.5 Å². The Hall–Kier alpha value is -6.19. The van der Waals surface area contributed by atoms with Crippen LogP contribution in [0.2, 0.25) is 0 Å². The molecule has 0 aliphatic heterocycles. The molecule has 6 rings (SSSR count). The molecule has 0 saturated carbocycles. The predicted octanol–water partition coefficient (Wildman–Crippen LogP) is 17.3. The summed E-state index contributed by atoms with van der Waals surface area (Å²) in [6.45, 7) is 19.4. The average molecular weight is 1030 g/mol. The molecule has 0 heterocycles. The highest BCUT2D eigenvalue weighted by Gasteiger charge is 2.24. The Labute approximate surface area is 445 Å². The first-order valence-electron chi connectivity index (χ1n) is 25.7. The second-order valence-electron chi connectivity index (χ2n) is 20.9. The molecule has 0 aromatic heterocycles. The number of hydrogen-bond donors (Lipinski definition) is 1. The van der Waals surface area contributed by atoms with E-state index in [0.29, 0.717) is 42.2 Å². The minimum atomic E-state index is -0.287. The lowest BCUT2D eigenvalue weighted by atomic mass is 9.81. The molecule has 0 bridgehead atoms. The number of phenolic OH excluding ortho intramolecular Hbond substituents is 1. The highest BCUT2D eigenvalue weighted by Crippen LogP contribution is 2.38. The van der Waals surface area contributed by atoms with Crippen molar-refractivity contribution in [2.75, 3.05) is 21.3 Å². The zero-order chi connectivity index (χ0) is 54.6. The molecule has 0 aliphatic rings. The van der Waals surface area contributed by atoms with Gasteiger partial charge in [-0.3, -0.25) is 9.59 Å². The Morgan fingerprint density at radius 3 is 1.47 bits per heavy atom. The lowest BCUT2D eigenvalue weighted by Gasteiger charge is -2.24. The molecule has 0 amide bonds. The van der Waals surface area contributed by atoms with Crippen LogP contribution in [0.4, 0.5) is 8.78 Å². The summed E-state index contributed by atoms with van der Waals surface area (Å²) in [5.41, 5.74) is 10.1. The molecular weight excluding hydrogens is 954 g/mol. The number of carbonyl (C=O) groups is 2. The van der Waals surface area contributed by atoms with Gasteiger partial charge in [0.25, 0.3) is 0 Å². The zero-order valence-corrected chi connectivity index (χ0v) is 46.6. The van der Waals surface area contributed by atoms with Crippen molar-refractivity contribution in [1.82, 2.24) is 0 Å². The first-order chi connectivity index (χ1) is 35.1. The van der Waals surface area contributed by atoms with Crippen LogP contribution < -0.4 is 9.47 Å². The van der Waals surface area contributed by atoms with Gasteiger partial charge in [-0.15, -0.1) is 11.6 Å². The van der Waals surface area contributed by atoms with Gasteiger partial charge < -0.3 is 24.1 Å². The van der Waals surface area contributed by atoms with Crippen LogP contribution in [0.3, 0.4) is 0 Å². The van der Waals surface area contributed by atoms with Crippen LogP contribution >= 0.6 is 11.6 Å². The molecule has 0 aliphatic carbocycles. The Balaban J connectivity index is 0.000000268. The number of aryl methyl sites for hydroxylation is 1. The number of carbonyl (C=O) groups excluding carboxylic acids is 2. The van der Waals surface area contributed by atoms with Crippen LogP contribution in [0, 0.1) is 18.6 Å². The monoisotopic (exact) mass is 1030 g/mol. The van der Waals surface area contributed by atoms with Gasteiger partial charge in [0, 0.05) is 17.0 Å². The van der Waals surface area contributed by atoms with Crippen LogP contribution in [0.1, 0.15) is 158 Å². The molecule has 0 radical (unpaired) electrons. The smallest absolute Gasteiger partial charge is 0.306 e. The summed E-state index contributed by atoms with van der Waals surface area (Å²) in [5, 5.41) is 9.25. The molecule has 1 N–H and O–H groups in total. The fourth-order valence-electron chi connectivity index (χ4n) is 8.79. The van der Waals surface area contributed by atoms with E-state index in [1.165, 1.54) is 26.4 Å². The van der Waals surface area contributed by atoms with Gasteiger partial charge in [0.05, 0.1) is 34.2 Å². The summed E-state index contributed by atoms with van der Waals surface area (Å²) < 4.78 is 50.2. The number of halogens is 3. The van der Waals surface area contributed by atoms with E-state index in [1.54, 1.807) is 37.4 Å². The summed E-state index contributed by atoms with van der Waals surface area (Å²) in [4.78, 5) is 23.2. The van der Waals surface area contributed by atoms with Gasteiger partial charge in [0.2, 0.25) is 0 Å². The summed E-state index contributed by atoms with van der Waals surface area (Å²) in [5.74, 6) is 1.51. The number of aromatic hydroxyl groups is 1. The maximum absolute atomic E-state index is 14.9. The van der Waals surface area contributed by atoms with Gasteiger partial charge >= 0.3 is 11.9 Å². The highest BCUT2D eigenvalue weighted by atomic mass is 35.5. The first kappa shape index (κ1) is 60.4. The Kier molecular flexibility index (Phi) is 23.7. The van der Waals surface area contributed by atoms with E-state index in [1.807, 2.05) is 73.7 Å². The Morgan fingerprint density at radius 2 is 1.01 bits per heavy atom. The number of methoxy groups -OCH3 is 3. The summed E-state index contributed by atoms with van der Waals surface area (Å²) in [6.07, 6.45) is 7.02. The molecule has 0 saturated heterocycles. The molecule has 6 aromatic carbocycles. The topological polar surface area (TPSA) is 91.3 Å². The minimum absolute atomic E-state index is 0.0453. The largest absolute Gasteiger partial charge is 0.508 e. The summed E-state index contributed by atoms with van der Waals surface area (Å²) in [6, 6.07) is 37.2. The van der Waals surface area contributed by atoms with Crippen LogP contribution in [0.15, 0.2) is 121 Å². The number of alkyl halides is 1. The van der Waals surface area contributed by atoms with Crippen molar-refractivity contribution in [3.63, 3.8) is 0 Å².